The maximum absolute atomic E-state index is 5.53. The first kappa shape index (κ1) is 12.7. The van der Waals surface area contributed by atoms with E-state index in [9.17, 15) is 0 Å². The number of nitrogens with one attached hydrogen (secondary N) is 1. The molecule has 0 radical (unpaired) electrons. The topological polar surface area (TPSA) is 47.3 Å². The zero-order valence-electron chi connectivity index (χ0n) is 10.2. The molecule has 1 atom stereocenters. The Labute approximate surface area is 107 Å². The molecule has 0 saturated carbocycles. The summed E-state index contributed by atoms with van der Waals surface area (Å²) in [7, 11) is 0. The van der Waals surface area contributed by atoms with Gasteiger partial charge >= 0.3 is 0 Å². The quantitative estimate of drug-likeness (QED) is 0.598. The molecule has 0 aromatic heterocycles. The van der Waals surface area contributed by atoms with Crippen LogP contribution in [0.15, 0.2) is 18.2 Å². The molecule has 0 amide bonds. The molecule has 0 saturated heterocycles. The Morgan fingerprint density at radius 2 is 2.41 bits per heavy atom. The van der Waals surface area contributed by atoms with Gasteiger partial charge in [-0.1, -0.05) is 12.1 Å². The zero-order chi connectivity index (χ0) is 12.1. The van der Waals surface area contributed by atoms with Crippen molar-refractivity contribution >= 4 is 11.8 Å². The lowest BCUT2D eigenvalue weighted by Crippen LogP contribution is -2.37. The summed E-state index contributed by atoms with van der Waals surface area (Å²) in [6, 6.07) is 6.93. The summed E-state index contributed by atoms with van der Waals surface area (Å²) in [5.74, 6) is 7.65. The predicted octanol–water partition coefficient (Wildman–Crippen LogP) is 1.75. The van der Waals surface area contributed by atoms with Crippen molar-refractivity contribution in [1.29, 1.82) is 0 Å². The summed E-state index contributed by atoms with van der Waals surface area (Å²) in [5.41, 5.74) is 5.62. The van der Waals surface area contributed by atoms with Gasteiger partial charge in [0.15, 0.2) is 0 Å². The average molecular weight is 252 g/mol. The molecule has 1 aliphatic rings. The van der Waals surface area contributed by atoms with Gasteiger partial charge < -0.3 is 4.74 Å². The Morgan fingerprint density at radius 3 is 3.18 bits per heavy atom. The van der Waals surface area contributed by atoms with Crippen molar-refractivity contribution in [3.05, 3.63) is 29.3 Å². The smallest absolute Gasteiger partial charge is 0.122 e. The first-order valence-electron chi connectivity index (χ1n) is 6.03. The molecule has 0 fully saturated rings. The number of benzene rings is 1. The normalized spacial score (nSPS) is 15.4. The minimum absolute atomic E-state index is 0.398. The van der Waals surface area contributed by atoms with Gasteiger partial charge in [0.1, 0.15) is 5.75 Å². The monoisotopic (exact) mass is 252 g/mol. The number of aryl methyl sites for hydroxylation is 1. The van der Waals surface area contributed by atoms with E-state index in [0.29, 0.717) is 6.04 Å². The van der Waals surface area contributed by atoms with Crippen molar-refractivity contribution in [3.63, 3.8) is 0 Å². The Bertz CT molecular complexity index is 370. The van der Waals surface area contributed by atoms with Crippen LogP contribution in [-0.2, 0) is 12.8 Å². The summed E-state index contributed by atoms with van der Waals surface area (Å²) in [6.45, 7) is 0.832. The molecule has 1 heterocycles. The molecule has 4 heteroatoms. The second kappa shape index (κ2) is 6.28. The van der Waals surface area contributed by atoms with Gasteiger partial charge in [-0.3, -0.25) is 11.3 Å². The summed E-state index contributed by atoms with van der Waals surface area (Å²) in [6.07, 6.45) is 5.31. The molecule has 1 aromatic carbocycles. The number of hydrazine groups is 1. The Morgan fingerprint density at radius 1 is 1.53 bits per heavy atom. The molecule has 0 aliphatic carbocycles. The molecule has 0 spiro atoms. The highest BCUT2D eigenvalue weighted by atomic mass is 32.2. The number of fused-ring (bicyclic) bond motifs is 1. The molecule has 3 N–H and O–H groups in total. The molecular weight excluding hydrogens is 232 g/mol. The van der Waals surface area contributed by atoms with E-state index in [-0.39, 0.29) is 0 Å². The molecular formula is C13H20N2OS. The highest BCUT2D eigenvalue weighted by Gasteiger charge is 2.12. The minimum Gasteiger partial charge on any atom is -0.493 e. The van der Waals surface area contributed by atoms with Crippen LogP contribution in [0.1, 0.15) is 17.5 Å². The number of thioether (sulfide) groups is 1. The second-order valence-corrected chi connectivity index (χ2v) is 5.31. The van der Waals surface area contributed by atoms with Crippen LogP contribution in [0.25, 0.3) is 0 Å². The number of ether oxygens (including phenoxy) is 1. The van der Waals surface area contributed by atoms with Crippen molar-refractivity contribution in [2.75, 3.05) is 18.6 Å². The Balaban J connectivity index is 1.90. The maximum Gasteiger partial charge on any atom is 0.122 e. The summed E-state index contributed by atoms with van der Waals surface area (Å²) in [4.78, 5) is 0. The number of rotatable bonds is 6. The van der Waals surface area contributed by atoms with Crippen molar-refractivity contribution in [1.82, 2.24) is 5.43 Å². The van der Waals surface area contributed by atoms with Crippen molar-refractivity contribution in [2.24, 2.45) is 5.84 Å². The molecule has 1 unspecified atom stereocenters. The zero-order valence-corrected chi connectivity index (χ0v) is 11.1. The third kappa shape index (κ3) is 3.37. The van der Waals surface area contributed by atoms with Crippen LogP contribution in [0.3, 0.4) is 0 Å². The van der Waals surface area contributed by atoms with Gasteiger partial charge in [0.05, 0.1) is 6.61 Å². The standard InChI is InChI=1S/C13H20N2OS/c1-17-9-12(15-14)4-2-10-3-5-13-11(8-10)6-7-16-13/h3,5,8,12,15H,2,4,6-7,9,14H2,1H3. The lowest BCUT2D eigenvalue weighted by Gasteiger charge is -2.14. The molecule has 1 aromatic rings. The number of hydrogen-bond donors (Lipinski definition) is 2. The highest BCUT2D eigenvalue weighted by Crippen LogP contribution is 2.26. The van der Waals surface area contributed by atoms with Gasteiger partial charge in [0.25, 0.3) is 0 Å². The van der Waals surface area contributed by atoms with Crippen LogP contribution in [0, 0.1) is 0 Å². The van der Waals surface area contributed by atoms with Crippen LogP contribution in [0.2, 0.25) is 0 Å². The van der Waals surface area contributed by atoms with E-state index in [4.69, 9.17) is 10.6 Å². The van der Waals surface area contributed by atoms with Crippen molar-refractivity contribution < 1.29 is 4.74 Å². The van der Waals surface area contributed by atoms with Gasteiger partial charge in [-0.15, -0.1) is 0 Å². The highest BCUT2D eigenvalue weighted by molar-refractivity contribution is 7.98. The second-order valence-electron chi connectivity index (χ2n) is 4.40. The van der Waals surface area contributed by atoms with Crippen LogP contribution in [0.5, 0.6) is 5.75 Å². The van der Waals surface area contributed by atoms with E-state index in [1.807, 2.05) is 11.8 Å². The van der Waals surface area contributed by atoms with Gasteiger partial charge in [-0.25, -0.2) is 0 Å². The first-order valence-corrected chi connectivity index (χ1v) is 7.42. The fraction of sp³-hybridized carbons (Fsp3) is 0.538. The summed E-state index contributed by atoms with van der Waals surface area (Å²) >= 11 is 1.83. The van der Waals surface area contributed by atoms with Gasteiger partial charge in [0.2, 0.25) is 0 Å². The molecule has 17 heavy (non-hydrogen) atoms. The maximum atomic E-state index is 5.53. The lowest BCUT2D eigenvalue weighted by atomic mass is 10.0. The van der Waals surface area contributed by atoms with E-state index >= 15 is 0 Å². The fourth-order valence-electron chi connectivity index (χ4n) is 2.15. The largest absolute Gasteiger partial charge is 0.493 e. The van der Waals surface area contributed by atoms with E-state index in [2.05, 4.69) is 29.9 Å². The Kier molecular flexibility index (Phi) is 4.71. The van der Waals surface area contributed by atoms with Crippen LogP contribution in [0.4, 0.5) is 0 Å². The molecule has 3 nitrogen and oxygen atoms in total. The Hall–Kier alpha value is -0.710. The number of hydrogen-bond acceptors (Lipinski definition) is 4. The van der Waals surface area contributed by atoms with Gasteiger partial charge in [-0.05, 0) is 36.3 Å². The van der Waals surface area contributed by atoms with Crippen LogP contribution >= 0.6 is 11.8 Å². The van der Waals surface area contributed by atoms with E-state index < -0.39 is 0 Å². The average Bonchev–Trinajstić information content (AvgIpc) is 2.81. The van der Waals surface area contributed by atoms with Gasteiger partial charge in [-0.2, -0.15) is 11.8 Å². The molecule has 94 valence electrons. The van der Waals surface area contributed by atoms with Crippen molar-refractivity contribution in [2.45, 2.75) is 25.3 Å². The van der Waals surface area contributed by atoms with Crippen molar-refractivity contribution in [3.8, 4) is 5.75 Å². The predicted molar refractivity (Wildman–Crippen MR) is 73.5 cm³/mol. The molecule has 0 bridgehead atoms. The third-order valence-corrected chi connectivity index (χ3v) is 3.87. The fourth-order valence-corrected chi connectivity index (χ4v) is 2.82. The summed E-state index contributed by atoms with van der Waals surface area (Å²) < 4.78 is 5.50. The number of nitrogens with two attached hydrogens (primary N) is 1. The lowest BCUT2D eigenvalue weighted by molar-refractivity contribution is 0.357. The van der Waals surface area contributed by atoms with Crippen LogP contribution in [-0.4, -0.2) is 24.7 Å². The third-order valence-electron chi connectivity index (χ3n) is 3.14. The van der Waals surface area contributed by atoms with E-state index in [0.717, 1.165) is 37.4 Å². The molecule has 1 aliphatic heterocycles. The van der Waals surface area contributed by atoms with E-state index in [1.54, 1.807) is 0 Å². The van der Waals surface area contributed by atoms with Crippen LogP contribution < -0.4 is 16.0 Å². The minimum atomic E-state index is 0.398. The SMILES string of the molecule is CSCC(CCc1ccc2c(c1)CCO2)NN. The van der Waals surface area contributed by atoms with Gasteiger partial charge in [0, 0.05) is 18.2 Å². The first-order chi connectivity index (χ1) is 8.33. The van der Waals surface area contributed by atoms with E-state index in [1.165, 1.54) is 11.1 Å². The molecule has 2 rings (SSSR count). The summed E-state index contributed by atoms with van der Waals surface area (Å²) in [5, 5.41) is 0.